The highest BCUT2D eigenvalue weighted by molar-refractivity contribution is 7.89. The van der Waals surface area contributed by atoms with Gasteiger partial charge in [-0.2, -0.15) is 4.31 Å². The van der Waals surface area contributed by atoms with E-state index in [1.54, 1.807) is 36.5 Å². The molecule has 0 aliphatic carbocycles. The highest BCUT2D eigenvalue weighted by atomic mass is 32.2. The van der Waals surface area contributed by atoms with Gasteiger partial charge in [0.05, 0.1) is 18.6 Å². The van der Waals surface area contributed by atoms with Crippen LogP contribution in [0.3, 0.4) is 0 Å². The normalized spacial score (nSPS) is 15.6. The summed E-state index contributed by atoms with van der Waals surface area (Å²) < 4.78 is 38.2. The van der Waals surface area contributed by atoms with Gasteiger partial charge in [0.15, 0.2) is 0 Å². The van der Waals surface area contributed by atoms with Crippen molar-refractivity contribution in [3.05, 3.63) is 48.0 Å². The van der Waals surface area contributed by atoms with Crippen LogP contribution in [-0.4, -0.2) is 52.6 Å². The first kappa shape index (κ1) is 19.5. The molecule has 0 unspecified atom stereocenters. The Morgan fingerprint density at radius 1 is 0.963 bits per heavy atom. The van der Waals surface area contributed by atoms with Gasteiger partial charge in [-0.05, 0) is 61.9 Å². The van der Waals surface area contributed by atoms with Crippen molar-refractivity contribution in [2.24, 2.45) is 0 Å². The molecule has 0 atom stereocenters. The molecule has 146 valence electrons. The Labute approximate surface area is 161 Å². The zero-order chi connectivity index (χ0) is 19.4. The summed E-state index contributed by atoms with van der Waals surface area (Å²) in [4.78, 5) is 2.54. The fourth-order valence-electron chi connectivity index (χ4n) is 3.28. The standard InChI is InChI=1S/C20H26N2O4S/c1-4-26-18-7-5-17(6-8-18)21-11-13-22(14-12-21)27(23,24)20-10-9-19(25-3)15-16(20)2/h5-10,15H,4,11-14H2,1-3H3. The van der Waals surface area contributed by atoms with Crippen molar-refractivity contribution in [1.29, 1.82) is 0 Å². The van der Waals surface area contributed by atoms with Crippen molar-refractivity contribution in [3.63, 3.8) is 0 Å². The number of piperazine rings is 1. The molecule has 0 radical (unpaired) electrons. The number of nitrogens with zero attached hydrogens (tertiary/aromatic N) is 2. The average molecular weight is 391 g/mol. The van der Waals surface area contributed by atoms with Crippen molar-refractivity contribution >= 4 is 15.7 Å². The highest BCUT2D eigenvalue weighted by Gasteiger charge is 2.29. The molecule has 2 aromatic carbocycles. The van der Waals surface area contributed by atoms with Crippen molar-refractivity contribution in [2.45, 2.75) is 18.7 Å². The van der Waals surface area contributed by atoms with Crippen LogP contribution in [0.25, 0.3) is 0 Å². The minimum absolute atomic E-state index is 0.345. The highest BCUT2D eigenvalue weighted by Crippen LogP contribution is 2.26. The van der Waals surface area contributed by atoms with Crippen LogP contribution >= 0.6 is 0 Å². The first-order valence-electron chi connectivity index (χ1n) is 9.08. The van der Waals surface area contributed by atoms with E-state index in [1.165, 1.54) is 0 Å². The van der Waals surface area contributed by atoms with Gasteiger partial charge in [0.25, 0.3) is 0 Å². The molecular formula is C20H26N2O4S. The molecule has 1 heterocycles. The second-order valence-corrected chi connectivity index (χ2v) is 8.36. The summed E-state index contributed by atoms with van der Waals surface area (Å²) >= 11 is 0. The van der Waals surface area contributed by atoms with Crippen LogP contribution in [0.2, 0.25) is 0 Å². The molecular weight excluding hydrogens is 364 g/mol. The second kappa shape index (κ2) is 8.19. The number of rotatable bonds is 6. The largest absolute Gasteiger partial charge is 0.497 e. The van der Waals surface area contributed by atoms with E-state index < -0.39 is 10.0 Å². The first-order chi connectivity index (χ1) is 13.0. The summed E-state index contributed by atoms with van der Waals surface area (Å²) in [6.07, 6.45) is 0. The first-order valence-corrected chi connectivity index (χ1v) is 10.5. The quantitative estimate of drug-likeness (QED) is 0.759. The molecule has 6 nitrogen and oxygen atoms in total. The van der Waals surface area contributed by atoms with E-state index in [9.17, 15) is 8.42 Å². The van der Waals surface area contributed by atoms with Crippen molar-refractivity contribution in [3.8, 4) is 11.5 Å². The molecule has 0 amide bonds. The smallest absolute Gasteiger partial charge is 0.243 e. The van der Waals surface area contributed by atoms with Gasteiger partial charge in [-0.15, -0.1) is 0 Å². The van der Waals surface area contributed by atoms with Crippen LogP contribution < -0.4 is 14.4 Å². The monoisotopic (exact) mass is 390 g/mol. The number of hydrogen-bond acceptors (Lipinski definition) is 5. The predicted octanol–water partition coefficient (Wildman–Crippen LogP) is 2.91. The van der Waals surface area contributed by atoms with Gasteiger partial charge in [0, 0.05) is 31.9 Å². The van der Waals surface area contributed by atoms with Gasteiger partial charge in [-0.1, -0.05) is 0 Å². The fourth-order valence-corrected chi connectivity index (χ4v) is 4.91. The maximum atomic E-state index is 13.0. The Balaban J connectivity index is 1.69. The summed E-state index contributed by atoms with van der Waals surface area (Å²) in [7, 11) is -1.93. The Morgan fingerprint density at radius 2 is 1.59 bits per heavy atom. The summed E-state index contributed by atoms with van der Waals surface area (Å²) in [5.41, 5.74) is 1.78. The van der Waals surface area contributed by atoms with E-state index in [2.05, 4.69) is 4.90 Å². The lowest BCUT2D eigenvalue weighted by Crippen LogP contribution is -2.48. The van der Waals surface area contributed by atoms with Crippen LogP contribution in [0.1, 0.15) is 12.5 Å². The lowest BCUT2D eigenvalue weighted by Gasteiger charge is -2.35. The van der Waals surface area contributed by atoms with Crippen LogP contribution in [0.15, 0.2) is 47.4 Å². The number of ether oxygens (including phenoxy) is 2. The van der Waals surface area contributed by atoms with Crippen molar-refractivity contribution in [2.75, 3.05) is 44.8 Å². The number of anilines is 1. The van der Waals surface area contributed by atoms with Gasteiger partial charge in [0.2, 0.25) is 10.0 Å². The topological polar surface area (TPSA) is 59.1 Å². The molecule has 0 aromatic heterocycles. The Hall–Kier alpha value is -2.25. The zero-order valence-electron chi connectivity index (χ0n) is 16.0. The Bertz CT molecular complexity index is 873. The van der Waals surface area contributed by atoms with Gasteiger partial charge in [0.1, 0.15) is 11.5 Å². The van der Waals surface area contributed by atoms with Gasteiger partial charge >= 0.3 is 0 Å². The molecule has 27 heavy (non-hydrogen) atoms. The minimum Gasteiger partial charge on any atom is -0.497 e. The zero-order valence-corrected chi connectivity index (χ0v) is 16.8. The maximum absolute atomic E-state index is 13.0. The molecule has 1 fully saturated rings. The summed E-state index contributed by atoms with van der Waals surface area (Å²) in [6.45, 7) is 6.62. The van der Waals surface area contributed by atoms with Crippen LogP contribution in [0, 0.1) is 6.92 Å². The molecule has 2 aromatic rings. The fraction of sp³-hybridized carbons (Fsp3) is 0.400. The minimum atomic E-state index is -3.51. The molecule has 0 bridgehead atoms. The Kier molecular flexibility index (Phi) is 5.92. The number of aryl methyl sites for hydroxylation is 1. The molecule has 0 saturated carbocycles. The van der Waals surface area contributed by atoms with Crippen LogP contribution in [0.5, 0.6) is 11.5 Å². The van der Waals surface area contributed by atoms with E-state index in [1.807, 2.05) is 31.2 Å². The number of hydrogen-bond donors (Lipinski definition) is 0. The molecule has 3 rings (SSSR count). The SMILES string of the molecule is CCOc1ccc(N2CCN(S(=O)(=O)c3ccc(OC)cc3C)CC2)cc1. The molecule has 1 aliphatic rings. The third-order valence-corrected chi connectivity index (χ3v) is 6.81. The van der Waals surface area contributed by atoms with Crippen molar-refractivity contribution < 1.29 is 17.9 Å². The Morgan fingerprint density at radius 3 is 2.15 bits per heavy atom. The van der Waals surface area contributed by atoms with E-state index in [0.29, 0.717) is 49.0 Å². The summed E-state index contributed by atoms with van der Waals surface area (Å²) in [5.74, 6) is 1.50. The van der Waals surface area contributed by atoms with E-state index >= 15 is 0 Å². The van der Waals surface area contributed by atoms with Crippen molar-refractivity contribution in [1.82, 2.24) is 4.31 Å². The van der Waals surface area contributed by atoms with Gasteiger partial charge < -0.3 is 14.4 Å². The van der Waals surface area contributed by atoms with Gasteiger partial charge in [-0.25, -0.2) is 8.42 Å². The lowest BCUT2D eigenvalue weighted by molar-refractivity contribution is 0.340. The van der Waals surface area contributed by atoms with E-state index in [-0.39, 0.29) is 0 Å². The number of benzene rings is 2. The number of sulfonamides is 1. The molecule has 0 N–H and O–H groups in total. The van der Waals surface area contributed by atoms with E-state index in [4.69, 9.17) is 9.47 Å². The molecule has 1 saturated heterocycles. The van der Waals surface area contributed by atoms with Crippen LogP contribution in [-0.2, 0) is 10.0 Å². The average Bonchev–Trinajstić information content (AvgIpc) is 2.68. The second-order valence-electron chi connectivity index (χ2n) is 6.45. The van der Waals surface area contributed by atoms with Gasteiger partial charge in [-0.3, -0.25) is 0 Å². The third kappa shape index (κ3) is 4.20. The molecule has 0 spiro atoms. The van der Waals surface area contributed by atoms with E-state index in [0.717, 1.165) is 11.4 Å². The molecule has 1 aliphatic heterocycles. The third-order valence-electron chi connectivity index (χ3n) is 4.75. The number of methoxy groups -OCH3 is 1. The maximum Gasteiger partial charge on any atom is 0.243 e. The summed E-state index contributed by atoms with van der Waals surface area (Å²) in [6, 6.07) is 13.0. The summed E-state index contributed by atoms with van der Waals surface area (Å²) in [5, 5.41) is 0. The lowest BCUT2D eigenvalue weighted by atomic mass is 10.2. The van der Waals surface area contributed by atoms with Crippen LogP contribution in [0.4, 0.5) is 5.69 Å². The predicted molar refractivity (Wildman–Crippen MR) is 106 cm³/mol. The molecule has 7 heteroatoms.